The Bertz CT molecular complexity index is 666. The molecule has 4 N–H and O–H groups in total. The fraction of sp³-hybridized carbons (Fsp3) is 0.400. The van der Waals surface area contributed by atoms with E-state index in [1.165, 1.54) is 6.33 Å². The molecule has 0 aromatic carbocycles. The maximum absolute atomic E-state index is 6.20. The number of nitrogens with two attached hydrogens (primary N) is 1. The number of anilines is 4. The van der Waals surface area contributed by atoms with Crippen LogP contribution in [0.25, 0.3) is 0 Å². The molecule has 8 heteroatoms. The van der Waals surface area contributed by atoms with Crippen LogP contribution in [-0.4, -0.2) is 58.1 Å². The third-order valence-electron chi connectivity index (χ3n) is 3.79. The van der Waals surface area contributed by atoms with Gasteiger partial charge in [0.1, 0.15) is 17.8 Å². The number of piperazine rings is 1. The predicted molar refractivity (Wildman–Crippen MR) is 91.4 cm³/mol. The number of hydrogen-bond acceptors (Lipinski definition) is 8. The summed E-state index contributed by atoms with van der Waals surface area (Å²) < 4.78 is 0. The largest absolute Gasteiger partial charge is 0.393 e. The van der Waals surface area contributed by atoms with E-state index in [9.17, 15) is 0 Å². The molecule has 3 rings (SSSR count). The lowest BCUT2D eigenvalue weighted by molar-refractivity contribution is 0.178. The summed E-state index contributed by atoms with van der Waals surface area (Å²) in [5.41, 5.74) is 10.9. The van der Waals surface area contributed by atoms with Crippen molar-refractivity contribution in [1.29, 1.82) is 0 Å². The molecule has 1 saturated heterocycles. The number of nitrogens with zero attached hydrogens (tertiary/aromatic N) is 5. The molecule has 23 heavy (non-hydrogen) atoms. The van der Waals surface area contributed by atoms with Crippen LogP contribution in [0.3, 0.4) is 0 Å². The Morgan fingerprint density at radius 1 is 1.09 bits per heavy atom. The first-order valence-electron chi connectivity index (χ1n) is 7.63. The summed E-state index contributed by atoms with van der Waals surface area (Å²) in [5, 5.41) is 5.26. The highest BCUT2D eigenvalue weighted by molar-refractivity contribution is 5.76. The lowest BCUT2D eigenvalue weighted by Crippen LogP contribution is -2.47. The number of likely N-dealkylation sites (N-methyl/N-ethyl adjacent to an activating group) is 1. The van der Waals surface area contributed by atoms with Gasteiger partial charge in [0.15, 0.2) is 11.6 Å². The molecule has 0 spiro atoms. The minimum atomic E-state index is 0.481. The van der Waals surface area contributed by atoms with E-state index in [1.807, 2.05) is 25.1 Å². The van der Waals surface area contributed by atoms with Crippen molar-refractivity contribution in [1.82, 2.24) is 24.9 Å². The zero-order chi connectivity index (χ0) is 16.2. The Morgan fingerprint density at radius 3 is 2.57 bits per heavy atom. The molecule has 2 aromatic rings. The topological polar surface area (TPSA) is 95.2 Å². The zero-order valence-corrected chi connectivity index (χ0v) is 13.5. The first-order valence-corrected chi connectivity index (χ1v) is 7.63. The van der Waals surface area contributed by atoms with E-state index in [4.69, 9.17) is 5.73 Å². The Balaban J connectivity index is 1.73. The number of rotatable bonds is 4. The van der Waals surface area contributed by atoms with Crippen molar-refractivity contribution in [2.24, 2.45) is 0 Å². The van der Waals surface area contributed by atoms with E-state index in [0.29, 0.717) is 23.1 Å². The minimum absolute atomic E-state index is 0.481. The second kappa shape index (κ2) is 6.76. The van der Waals surface area contributed by atoms with E-state index in [2.05, 4.69) is 42.7 Å². The second-order valence-corrected chi connectivity index (χ2v) is 5.68. The van der Waals surface area contributed by atoms with Gasteiger partial charge >= 0.3 is 0 Å². The Morgan fingerprint density at radius 2 is 1.83 bits per heavy atom. The summed E-state index contributed by atoms with van der Waals surface area (Å²) in [5.74, 6) is 1.87. The molecule has 0 radical (unpaired) electrons. The van der Waals surface area contributed by atoms with Crippen LogP contribution in [0.2, 0.25) is 0 Å². The average molecular weight is 314 g/mol. The van der Waals surface area contributed by atoms with Gasteiger partial charge in [-0.2, -0.15) is 0 Å². The summed E-state index contributed by atoms with van der Waals surface area (Å²) in [7, 11) is 2.12. The molecule has 0 saturated carbocycles. The fourth-order valence-corrected chi connectivity index (χ4v) is 2.39. The molecule has 0 atom stereocenters. The van der Waals surface area contributed by atoms with Gasteiger partial charge < -0.3 is 21.4 Å². The number of pyridine rings is 1. The van der Waals surface area contributed by atoms with Crippen molar-refractivity contribution in [3.63, 3.8) is 0 Å². The summed E-state index contributed by atoms with van der Waals surface area (Å²) >= 11 is 0. The standard InChI is InChI=1S/C15H22N8/c1-11-4-3-5-12(19-11)20-14-13(16)15(18-10-17-14)21-23-8-6-22(2)7-9-23/h3-5,10H,6-9,16H2,1-2H3,(H2,17,18,19,20,21). The SMILES string of the molecule is Cc1cccc(Nc2ncnc(NN3CCN(C)CC3)c2N)n1. The third kappa shape index (κ3) is 3.85. The number of hydrogen-bond donors (Lipinski definition) is 3. The van der Waals surface area contributed by atoms with Crippen LogP contribution in [0.5, 0.6) is 0 Å². The van der Waals surface area contributed by atoms with E-state index in [1.54, 1.807) is 0 Å². The summed E-state index contributed by atoms with van der Waals surface area (Å²) in [6, 6.07) is 5.75. The lowest BCUT2D eigenvalue weighted by Gasteiger charge is -2.32. The highest BCUT2D eigenvalue weighted by Gasteiger charge is 2.16. The smallest absolute Gasteiger partial charge is 0.169 e. The third-order valence-corrected chi connectivity index (χ3v) is 3.79. The second-order valence-electron chi connectivity index (χ2n) is 5.68. The van der Waals surface area contributed by atoms with Gasteiger partial charge in [-0.15, -0.1) is 0 Å². The van der Waals surface area contributed by atoms with Gasteiger partial charge in [-0.05, 0) is 26.1 Å². The highest BCUT2D eigenvalue weighted by Crippen LogP contribution is 2.25. The summed E-state index contributed by atoms with van der Waals surface area (Å²) in [4.78, 5) is 15.2. The first kappa shape index (κ1) is 15.4. The van der Waals surface area contributed by atoms with Crippen LogP contribution < -0.4 is 16.5 Å². The molecule has 1 aliphatic rings. The normalized spacial score (nSPS) is 16.3. The van der Waals surface area contributed by atoms with Gasteiger partial charge in [0.05, 0.1) is 0 Å². The molecule has 0 bridgehead atoms. The van der Waals surface area contributed by atoms with Crippen molar-refractivity contribution >= 4 is 23.1 Å². The molecule has 122 valence electrons. The molecule has 0 aliphatic carbocycles. The predicted octanol–water partition coefficient (Wildman–Crippen LogP) is 1.08. The fourth-order valence-electron chi connectivity index (χ4n) is 2.39. The number of nitrogens with one attached hydrogen (secondary N) is 2. The Hall–Kier alpha value is -2.45. The maximum Gasteiger partial charge on any atom is 0.169 e. The van der Waals surface area contributed by atoms with Crippen LogP contribution in [0.15, 0.2) is 24.5 Å². The maximum atomic E-state index is 6.20. The van der Waals surface area contributed by atoms with Gasteiger partial charge in [0, 0.05) is 31.9 Å². The van der Waals surface area contributed by atoms with Crippen molar-refractivity contribution in [3.8, 4) is 0 Å². The summed E-state index contributed by atoms with van der Waals surface area (Å²) in [6.45, 7) is 5.80. The molecule has 0 unspecified atom stereocenters. The molecule has 1 aliphatic heterocycles. The molecule has 8 nitrogen and oxygen atoms in total. The number of aromatic nitrogens is 3. The van der Waals surface area contributed by atoms with Crippen LogP contribution in [0.1, 0.15) is 5.69 Å². The van der Waals surface area contributed by atoms with Crippen molar-refractivity contribution in [2.45, 2.75) is 6.92 Å². The highest BCUT2D eigenvalue weighted by atomic mass is 15.5. The Labute approximate surface area is 135 Å². The van der Waals surface area contributed by atoms with E-state index in [0.717, 1.165) is 31.9 Å². The molecule has 3 heterocycles. The lowest BCUT2D eigenvalue weighted by atomic mass is 10.3. The minimum Gasteiger partial charge on any atom is -0.393 e. The first-order chi connectivity index (χ1) is 11.1. The van der Waals surface area contributed by atoms with Crippen molar-refractivity contribution in [3.05, 3.63) is 30.2 Å². The van der Waals surface area contributed by atoms with Crippen molar-refractivity contribution in [2.75, 3.05) is 49.7 Å². The molecule has 0 amide bonds. The summed E-state index contributed by atoms with van der Waals surface area (Å²) in [6.07, 6.45) is 1.49. The van der Waals surface area contributed by atoms with Crippen LogP contribution in [-0.2, 0) is 0 Å². The van der Waals surface area contributed by atoms with Gasteiger partial charge in [0.2, 0.25) is 0 Å². The monoisotopic (exact) mass is 314 g/mol. The van der Waals surface area contributed by atoms with Gasteiger partial charge in [-0.1, -0.05) is 6.07 Å². The quantitative estimate of drug-likeness (QED) is 0.771. The van der Waals surface area contributed by atoms with Gasteiger partial charge in [-0.3, -0.25) is 0 Å². The Kier molecular flexibility index (Phi) is 4.54. The van der Waals surface area contributed by atoms with Crippen LogP contribution >= 0.6 is 0 Å². The number of nitrogen functional groups attached to an aromatic ring is 1. The van der Waals surface area contributed by atoms with E-state index >= 15 is 0 Å². The van der Waals surface area contributed by atoms with Crippen molar-refractivity contribution < 1.29 is 0 Å². The average Bonchev–Trinajstić information content (AvgIpc) is 2.53. The zero-order valence-electron chi connectivity index (χ0n) is 13.5. The number of aryl methyl sites for hydroxylation is 1. The molecular formula is C15H22N8. The van der Waals surface area contributed by atoms with E-state index < -0.39 is 0 Å². The van der Waals surface area contributed by atoms with Crippen LogP contribution in [0, 0.1) is 6.92 Å². The van der Waals surface area contributed by atoms with Gasteiger partial charge in [-0.25, -0.2) is 20.0 Å². The van der Waals surface area contributed by atoms with E-state index in [-0.39, 0.29) is 0 Å². The van der Waals surface area contributed by atoms with Gasteiger partial charge in [0.25, 0.3) is 0 Å². The van der Waals surface area contributed by atoms with Crippen LogP contribution in [0.4, 0.5) is 23.1 Å². The molecule has 2 aromatic heterocycles. The molecule has 1 fully saturated rings. The number of hydrazine groups is 1. The molecular weight excluding hydrogens is 292 g/mol.